The van der Waals surface area contributed by atoms with Gasteiger partial charge in [0, 0.05) is 35.6 Å². The van der Waals surface area contributed by atoms with Crippen LogP contribution in [0, 0.1) is 0 Å². The largest absolute Gasteiger partial charge is 0.493 e. The summed E-state index contributed by atoms with van der Waals surface area (Å²) in [6.07, 6.45) is 7.27. The maximum absolute atomic E-state index is 6.27. The molecule has 0 saturated heterocycles. The highest BCUT2D eigenvalue weighted by Gasteiger charge is 2.35. The minimum Gasteiger partial charge on any atom is -0.493 e. The number of nitrogens with two attached hydrogens (primary N) is 1. The number of benzene rings is 1. The molecule has 1 aromatic rings. The topological polar surface area (TPSA) is 38.5 Å². The van der Waals surface area contributed by atoms with Gasteiger partial charge in [0.15, 0.2) is 0 Å². The van der Waals surface area contributed by atoms with Gasteiger partial charge in [0.05, 0.1) is 6.61 Å². The van der Waals surface area contributed by atoms with Crippen LogP contribution >= 0.6 is 11.6 Å². The Kier molecular flexibility index (Phi) is 4.43. The quantitative estimate of drug-likeness (QED) is 0.927. The normalized spacial score (nSPS) is 20.4. The minimum absolute atomic E-state index is 0.145. The number of likely N-dealkylation sites (N-methyl/N-ethyl adjacent to an activating group) is 1. The Bertz CT molecular complexity index is 512. The van der Waals surface area contributed by atoms with Gasteiger partial charge in [0.2, 0.25) is 0 Å². The second-order valence-electron chi connectivity index (χ2n) is 6.50. The highest BCUT2D eigenvalue weighted by Crippen LogP contribution is 2.37. The van der Waals surface area contributed by atoms with Crippen LogP contribution in [0.3, 0.4) is 0 Å². The summed E-state index contributed by atoms with van der Waals surface area (Å²) < 4.78 is 5.82. The van der Waals surface area contributed by atoms with E-state index in [1.807, 2.05) is 6.07 Å². The number of nitrogens with zero attached hydrogens (tertiary/aromatic N) is 1. The first kappa shape index (κ1) is 15.1. The number of hydrogen-bond donors (Lipinski definition) is 1. The Morgan fingerprint density at radius 1 is 1.29 bits per heavy atom. The molecule has 0 radical (unpaired) electrons. The van der Waals surface area contributed by atoms with E-state index in [1.54, 1.807) is 0 Å². The first-order valence-electron chi connectivity index (χ1n) is 8.00. The molecular weight excluding hydrogens is 284 g/mol. The van der Waals surface area contributed by atoms with Crippen molar-refractivity contribution in [2.75, 3.05) is 20.2 Å². The van der Waals surface area contributed by atoms with Crippen LogP contribution in [0.25, 0.3) is 0 Å². The lowest BCUT2D eigenvalue weighted by Gasteiger charge is -2.44. The van der Waals surface area contributed by atoms with Crippen molar-refractivity contribution in [3.8, 4) is 5.75 Å². The predicted octanol–water partition coefficient (Wildman–Crippen LogP) is 3.37. The molecule has 2 N–H and O–H groups in total. The lowest BCUT2D eigenvalue weighted by molar-refractivity contribution is 0.0751. The number of halogens is 1. The fourth-order valence-corrected chi connectivity index (χ4v) is 4.10. The highest BCUT2D eigenvalue weighted by molar-refractivity contribution is 6.30. The van der Waals surface area contributed by atoms with E-state index in [0.29, 0.717) is 0 Å². The van der Waals surface area contributed by atoms with Crippen molar-refractivity contribution in [2.45, 2.75) is 50.6 Å². The molecule has 0 amide bonds. The van der Waals surface area contributed by atoms with Gasteiger partial charge in [-0.3, -0.25) is 4.90 Å². The molecule has 21 heavy (non-hydrogen) atoms. The molecule has 0 spiro atoms. The van der Waals surface area contributed by atoms with Crippen molar-refractivity contribution in [2.24, 2.45) is 5.73 Å². The predicted molar refractivity (Wildman–Crippen MR) is 87.0 cm³/mol. The Morgan fingerprint density at radius 3 is 2.76 bits per heavy atom. The monoisotopic (exact) mass is 308 g/mol. The van der Waals surface area contributed by atoms with E-state index in [1.165, 1.54) is 43.2 Å². The molecule has 1 fully saturated rings. The first-order valence-corrected chi connectivity index (χ1v) is 8.38. The number of rotatable bonds is 4. The Labute approximate surface area is 132 Å². The number of fused-ring (bicyclic) bond motifs is 1. The van der Waals surface area contributed by atoms with Crippen molar-refractivity contribution < 1.29 is 4.74 Å². The summed E-state index contributed by atoms with van der Waals surface area (Å²) in [5, 5.41) is 0.813. The first-order chi connectivity index (χ1) is 10.1. The van der Waals surface area contributed by atoms with E-state index in [4.69, 9.17) is 22.1 Å². The molecule has 3 nitrogen and oxygen atoms in total. The molecule has 1 heterocycles. The van der Waals surface area contributed by atoms with Gasteiger partial charge in [0.1, 0.15) is 5.75 Å². The van der Waals surface area contributed by atoms with Crippen LogP contribution in [0.1, 0.15) is 43.2 Å². The van der Waals surface area contributed by atoms with Gasteiger partial charge in [-0.1, -0.05) is 30.9 Å². The third-order valence-corrected chi connectivity index (χ3v) is 5.43. The third-order valence-electron chi connectivity index (χ3n) is 5.21. The van der Waals surface area contributed by atoms with Crippen LogP contribution in [0.5, 0.6) is 5.75 Å². The van der Waals surface area contributed by atoms with E-state index in [2.05, 4.69) is 18.0 Å². The van der Waals surface area contributed by atoms with Crippen LogP contribution in [0.4, 0.5) is 0 Å². The van der Waals surface area contributed by atoms with E-state index in [9.17, 15) is 0 Å². The lowest BCUT2D eigenvalue weighted by atomic mass is 9.80. The molecular formula is C17H25ClN2O. The second kappa shape index (κ2) is 6.15. The van der Waals surface area contributed by atoms with E-state index in [-0.39, 0.29) is 5.54 Å². The number of hydrogen-bond acceptors (Lipinski definition) is 3. The molecule has 1 saturated carbocycles. The fraction of sp³-hybridized carbons (Fsp3) is 0.647. The van der Waals surface area contributed by atoms with Crippen LogP contribution in [-0.4, -0.2) is 30.6 Å². The molecule has 1 aromatic carbocycles. The van der Waals surface area contributed by atoms with Gasteiger partial charge in [0.25, 0.3) is 0 Å². The van der Waals surface area contributed by atoms with Gasteiger partial charge in [-0.15, -0.1) is 0 Å². The molecule has 0 aromatic heterocycles. The van der Waals surface area contributed by atoms with Gasteiger partial charge in [-0.2, -0.15) is 0 Å². The maximum atomic E-state index is 6.27. The summed E-state index contributed by atoms with van der Waals surface area (Å²) in [6.45, 7) is 2.36. The van der Waals surface area contributed by atoms with E-state index in [0.717, 1.165) is 36.9 Å². The molecule has 2 aliphatic rings. The van der Waals surface area contributed by atoms with E-state index < -0.39 is 0 Å². The zero-order valence-electron chi connectivity index (χ0n) is 12.8. The lowest BCUT2D eigenvalue weighted by Crippen LogP contribution is -2.52. The van der Waals surface area contributed by atoms with Crippen molar-refractivity contribution in [3.05, 3.63) is 28.3 Å². The summed E-state index contributed by atoms with van der Waals surface area (Å²) in [6, 6.07) is 4.09. The van der Waals surface area contributed by atoms with Crippen LogP contribution < -0.4 is 10.5 Å². The molecule has 1 aliphatic heterocycles. The second-order valence-corrected chi connectivity index (χ2v) is 6.93. The van der Waals surface area contributed by atoms with Crippen LogP contribution in [0.15, 0.2) is 12.1 Å². The molecule has 0 atom stereocenters. The molecule has 4 heteroatoms. The summed E-state index contributed by atoms with van der Waals surface area (Å²) in [4.78, 5) is 2.43. The van der Waals surface area contributed by atoms with Gasteiger partial charge in [-0.05, 0) is 37.6 Å². The minimum atomic E-state index is 0.145. The van der Waals surface area contributed by atoms with Crippen LogP contribution in [0.2, 0.25) is 5.02 Å². The van der Waals surface area contributed by atoms with Crippen molar-refractivity contribution >= 4 is 11.6 Å². The fourth-order valence-electron chi connectivity index (χ4n) is 3.84. The molecule has 1 aliphatic carbocycles. The van der Waals surface area contributed by atoms with E-state index >= 15 is 0 Å². The average molecular weight is 309 g/mol. The smallest absolute Gasteiger partial charge is 0.127 e. The summed E-state index contributed by atoms with van der Waals surface area (Å²) in [5.74, 6) is 1.05. The van der Waals surface area contributed by atoms with Gasteiger partial charge in [-0.25, -0.2) is 0 Å². The van der Waals surface area contributed by atoms with Crippen LogP contribution in [-0.2, 0) is 13.0 Å². The highest BCUT2D eigenvalue weighted by atomic mass is 35.5. The molecule has 0 bridgehead atoms. The van der Waals surface area contributed by atoms with Crippen molar-refractivity contribution in [1.29, 1.82) is 0 Å². The molecule has 3 rings (SSSR count). The standard InChI is InChI=1S/C17H25ClN2O/c1-20(17(12-19)6-3-2-4-7-17)11-14-10-15(18)9-13-5-8-21-16(13)14/h9-10H,2-8,11-12,19H2,1H3. The molecule has 116 valence electrons. The molecule has 0 unspecified atom stereocenters. The van der Waals surface area contributed by atoms with Crippen molar-refractivity contribution in [1.82, 2.24) is 4.90 Å². The number of ether oxygens (including phenoxy) is 1. The zero-order valence-corrected chi connectivity index (χ0v) is 13.6. The third kappa shape index (κ3) is 2.92. The Morgan fingerprint density at radius 2 is 2.05 bits per heavy atom. The summed E-state index contributed by atoms with van der Waals surface area (Å²) in [5.41, 5.74) is 8.73. The maximum Gasteiger partial charge on any atom is 0.127 e. The average Bonchev–Trinajstić information content (AvgIpc) is 2.96. The summed E-state index contributed by atoms with van der Waals surface area (Å²) >= 11 is 6.27. The van der Waals surface area contributed by atoms with Gasteiger partial charge >= 0.3 is 0 Å². The van der Waals surface area contributed by atoms with Crippen molar-refractivity contribution in [3.63, 3.8) is 0 Å². The summed E-state index contributed by atoms with van der Waals surface area (Å²) in [7, 11) is 2.19. The Hall–Kier alpha value is -0.770. The zero-order chi connectivity index (χ0) is 14.9. The Balaban J connectivity index is 1.83. The SMILES string of the molecule is CN(Cc1cc(Cl)cc2c1OCC2)C1(CN)CCCCC1. The van der Waals surface area contributed by atoms with Gasteiger partial charge < -0.3 is 10.5 Å².